The zero-order valence-electron chi connectivity index (χ0n) is 40.2. The number of Topliss-reactive ketones (excluding diaryl/α,β-unsaturated/α-hetero) is 1. The van der Waals surface area contributed by atoms with Gasteiger partial charge in [-0.1, -0.05) is 107 Å². The Morgan fingerprint density at radius 1 is 0.657 bits per heavy atom. The molecule has 0 saturated carbocycles. The van der Waals surface area contributed by atoms with E-state index in [0.29, 0.717) is 28.0 Å². The highest BCUT2D eigenvalue weighted by Crippen LogP contribution is 2.30. The number of rotatable bonds is 21. The van der Waals surface area contributed by atoms with Gasteiger partial charge in [0, 0.05) is 44.5 Å². The number of hydrogen-bond acceptors (Lipinski definition) is 11. The van der Waals surface area contributed by atoms with Crippen LogP contribution in [0.3, 0.4) is 0 Å². The maximum absolute atomic E-state index is 15.5. The summed E-state index contributed by atoms with van der Waals surface area (Å²) < 4.78 is 20.8. The Hall–Kier alpha value is -7.63. The van der Waals surface area contributed by atoms with E-state index in [2.05, 4.69) is 31.0 Å². The second kappa shape index (κ2) is 24.6. The van der Waals surface area contributed by atoms with Crippen LogP contribution in [0.15, 0.2) is 140 Å². The molecule has 0 fully saturated rings. The monoisotopic (exact) mass is 952 g/mol. The molecule has 6 aromatic rings. The normalized spacial score (nSPS) is 13.5. The summed E-state index contributed by atoms with van der Waals surface area (Å²) in [5.41, 5.74) is 12.9. The topological polar surface area (TPSA) is 205 Å². The molecular weight excluding hydrogens is 892 g/mol. The first-order valence-corrected chi connectivity index (χ1v) is 23.1. The Morgan fingerprint density at radius 2 is 1.21 bits per heavy atom. The van der Waals surface area contributed by atoms with Crippen LogP contribution in [0.1, 0.15) is 66.7 Å². The number of hydrazine groups is 1. The Balaban J connectivity index is 1.40. The number of esters is 1. The van der Waals surface area contributed by atoms with Crippen LogP contribution in [0.2, 0.25) is 0 Å². The number of urea groups is 2. The number of nitrogens with one attached hydrogen (secondary N) is 3. The second-order valence-corrected chi connectivity index (χ2v) is 17.9. The fourth-order valence-corrected chi connectivity index (χ4v) is 7.89. The van der Waals surface area contributed by atoms with Gasteiger partial charge in [0.25, 0.3) is 5.91 Å². The summed E-state index contributed by atoms with van der Waals surface area (Å²) in [6.07, 6.45) is 1.79. The summed E-state index contributed by atoms with van der Waals surface area (Å²) in [6.45, 7) is 6.97. The fourth-order valence-electron chi connectivity index (χ4n) is 7.89. The third-order valence-electron chi connectivity index (χ3n) is 11.7. The van der Waals surface area contributed by atoms with Gasteiger partial charge >= 0.3 is 18.0 Å². The van der Waals surface area contributed by atoms with Crippen LogP contribution in [0.5, 0.6) is 0 Å². The Bertz CT molecular complexity index is 2680. The summed E-state index contributed by atoms with van der Waals surface area (Å²) in [7, 11) is 3.17. The fraction of sp³-hybridized carbons (Fsp3) is 0.321. The predicted molar refractivity (Wildman–Crippen MR) is 263 cm³/mol. The molecule has 0 aliphatic heterocycles. The molecule has 0 aliphatic carbocycles. The molecule has 17 heteroatoms. The maximum atomic E-state index is 15.5. The SMILES string of the molecule is CC(C)[C@H](NC(=O)N(C)Cc1ccccn1)C(=O)NN(Cc1ccc(F)cc1)CC(OC(=O)c1ccc2ccccc2n1)C(C(=O)[C@@H](NC(=O)N(C)Cc1ccccn1)C(C)C)C(N)c1ccccc1. The molecule has 0 radical (unpaired) electrons. The van der Waals surface area contributed by atoms with Crippen molar-refractivity contribution in [2.45, 2.75) is 71.6 Å². The molecule has 0 aliphatic rings. The van der Waals surface area contributed by atoms with Crippen molar-refractivity contribution in [3.63, 3.8) is 0 Å². The lowest BCUT2D eigenvalue weighted by Gasteiger charge is -2.37. The number of carbonyl (C=O) groups excluding carboxylic acids is 5. The summed E-state index contributed by atoms with van der Waals surface area (Å²) in [6, 6.07) is 31.1. The van der Waals surface area contributed by atoms with Crippen LogP contribution in [-0.2, 0) is 34.0 Å². The van der Waals surface area contributed by atoms with E-state index in [0.717, 1.165) is 5.39 Å². The molecule has 3 aromatic carbocycles. The minimum atomic E-state index is -1.45. The quantitative estimate of drug-likeness (QED) is 0.0434. The van der Waals surface area contributed by atoms with Crippen LogP contribution >= 0.6 is 0 Å². The van der Waals surface area contributed by atoms with Crippen LogP contribution in [0.4, 0.5) is 14.0 Å². The Labute approximate surface area is 407 Å². The first kappa shape index (κ1) is 51.8. The number of pyridine rings is 3. The standard InChI is InChI=1S/C53H61FN10O6/c1-34(2)47(59-52(68)62(5)31-40-19-12-14-28-56-40)49(65)45(46(55)38-17-8-7-9-18-38)44(70-51(67)43-27-24-37-16-10-11-21-42(37)58-43)33-64(30-36-22-25-39(54)26-23-36)61-50(66)48(35(3)4)60-53(69)63(6)32-41-20-13-15-29-57-41/h7-29,34-35,44-48H,30-33,55H2,1-6H3,(H,59,68)(H,60,69)(H,61,66)/t44?,45?,46?,47-,48-/m0/s1. The number of para-hydroxylation sites is 1. The molecule has 366 valence electrons. The highest BCUT2D eigenvalue weighted by Gasteiger charge is 2.43. The maximum Gasteiger partial charge on any atom is 0.357 e. The van der Waals surface area contributed by atoms with E-state index in [9.17, 15) is 23.6 Å². The smallest absolute Gasteiger partial charge is 0.357 e. The van der Waals surface area contributed by atoms with Gasteiger partial charge in [0.15, 0.2) is 5.78 Å². The number of halogens is 1. The molecule has 3 heterocycles. The van der Waals surface area contributed by atoms with Gasteiger partial charge in [-0.05, 0) is 71.5 Å². The van der Waals surface area contributed by atoms with Crippen molar-refractivity contribution in [1.29, 1.82) is 0 Å². The minimum absolute atomic E-state index is 0.0560. The highest BCUT2D eigenvalue weighted by atomic mass is 19.1. The number of fused-ring (bicyclic) bond motifs is 1. The lowest BCUT2D eigenvalue weighted by atomic mass is 9.80. The number of benzene rings is 3. The number of nitrogens with zero attached hydrogens (tertiary/aromatic N) is 6. The molecule has 3 aromatic heterocycles. The number of hydrogen-bond donors (Lipinski definition) is 4. The average molecular weight is 953 g/mol. The van der Waals surface area contributed by atoms with E-state index in [-0.39, 0.29) is 31.9 Å². The first-order valence-electron chi connectivity index (χ1n) is 23.1. The van der Waals surface area contributed by atoms with Crippen molar-refractivity contribution in [2.75, 3.05) is 20.6 Å². The van der Waals surface area contributed by atoms with Gasteiger partial charge < -0.3 is 30.9 Å². The summed E-state index contributed by atoms with van der Waals surface area (Å²) in [5.74, 6) is -4.86. The van der Waals surface area contributed by atoms with Gasteiger partial charge in [0.1, 0.15) is 23.7 Å². The second-order valence-electron chi connectivity index (χ2n) is 17.9. The molecule has 6 rings (SSSR count). The predicted octanol–water partition coefficient (Wildman–Crippen LogP) is 6.84. The van der Waals surface area contributed by atoms with Gasteiger partial charge in [-0.2, -0.15) is 0 Å². The highest BCUT2D eigenvalue weighted by molar-refractivity contribution is 5.94. The molecule has 70 heavy (non-hydrogen) atoms. The van der Waals surface area contributed by atoms with E-state index in [1.54, 1.807) is 127 Å². The van der Waals surface area contributed by atoms with Crippen molar-refractivity contribution < 1.29 is 33.1 Å². The molecule has 0 spiro atoms. The summed E-state index contributed by atoms with van der Waals surface area (Å²) in [4.78, 5) is 88.1. The summed E-state index contributed by atoms with van der Waals surface area (Å²) in [5, 5.41) is 7.98. The first-order chi connectivity index (χ1) is 33.6. The lowest BCUT2D eigenvalue weighted by molar-refractivity contribution is -0.133. The number of ether oxygens (including phenoxy) is 1. The van der Waals surface area contributed by atoms with Crippen molar-refractivity contribution in [1.82, 2.24) is 45.8 Å². The molecule has 0 bridgehead atoms. The van der Waals surface area contributed by atoms with E-state index < -0.39 is 77.5 Å². The number of ketones is 1. The number of nitrogens with two attached hydrogens (primary N) is 1. The Kier molecular flexibility index (Phi) is 18.2. The van der Waals surface area contributed by atoms with Crippen LogP contribution in [0, 0.1) is 23.6 Å². The van der Waals surface area contributed by atoms with E-state index in [1.165, 1.54) is 45.1 Å². The van der Waals surface area contributed by atoms with E-state index in [1.807, 2.05) is 24.3 Å². The molecule has 3 unspecified atom stereocenters. The van der Waals surface area contributed by atoms with Crippen molar-refractivity contribution >= 4 is 40.6 Å². The van der Waals surface area contributed by atoms with Crippen LogP contribution in [0.25, 0.3) is 10.9 Å². The van der Waals surface area contributed by atoms with Gasteiger partial charge in [-0.15, -0.1) is 0 Å². The molecule has 16 nitrogen and oxygen atoms in total. The zero-order valence-corrected chi connectivity index (χ0v) is 40.2. The number of amides is 5. The largest absolute Gasteiger partial charge is 0.455 e. The van der Waals surface area contributed by atoms with Crippen molar-refractivity contribution in [3.8, 4) is 0 Å². The minimum Gasteiger partial charge on any atom is -0.455 e. The molecule has 5 amide bonds. The van der Waals surface area contributed by atoms with Gasteiger partial charge in [0.05, 0.1) is 48.5 Å². The Morgan fingerprint density at radius 3 is 1.79 bits per heavy atom. The van der Waals surface area contributed by atoms with Crippen LogP contribution in [-0.4, -0.2) is 98.3 Å². The summed E-state index contributed by atoms with van der Waals surface area (Å²) >= 11 is 0. The van der Waals surface area contributed by atoms with Crippen molar-refractivity contribution in [3.05, 3.63) is 174 Å². The third kappa shape index (κ3) is 14.2. The van der Waals surface area contributed by atoms with E-state index in [4.69, 9.17) is 10.5 Å². The third-order valence-corrected chi connectivity index (χ3v) is 11.7. The molecule has 0 saturated heterocycles. The van der Waals surface area contributed by atoms with Gasteiger partial charge in [-0.25, -0.2) is 28.8 Å². The average Bonchev–Trinajstić information content (AvgIpc) is 3.35. The molecule has 5 N–H and O–H groups in total. The number of aromatic nitrogens is 3. The van der Waals surface area contributed by atoms with Gasteiger partial charge in [-0.3, -0.25) is 25.0 Å². The zero-order chi connectivity index (χ0) is 50.3. The van der Waals surface area contributed by atoms with Crippen molar-refractivity contribution in [2.24, 2.45) is 23.5 Å². The lowest BCUT2D eigenvalue weighted by Crippen LogP contribution is -2.59. The number of carbonyl (C=O) groups is 5. The molecular formula is C53H61FN10O6. The van der Waals surface area contributed by atoms with E-state index >= 15 is 4.79 Å². The van der Waals surface area contributed by atoms with Crippen LogP contribution < -0.4 is 21.8 Å². The molecule has 5 atom stereocenters. The van der Waals surface area contributed by atoms with Gasteiger partial charge in [0.2, 0.25) is 0 Å².